The molecule has 0 aromatic heterocycles. The number of anilines is 2. The number of hydrogen-bond acceptors (Lipinski definition) is 4. The summed E-state index contributed by atoms with van der Waals surface area (Å²) in [4.78, 5) is 0.197. The number of nitrogen functional groups attached to an aromatic ring is 1. The van der Waals surface area contributed by atoms with Crippen LogP contribution in [0.5, 0.6) is 0 Å². The number of rotatable bonds is 4. The van der Waals surface area contributed by atoms with Gasteiger partial charge in [0.05, 0.1) is 16.3 Å². The zero-order chi connectivity index (χ0) is 15.6. The van der Waals surface area contributed by atoms with E-state index >= 15 is 0 Å². The molecule has 0 aliphatic heterocycles. The smallest absolute Gasteiger partial charge is 0.183 e. The number of hydrogen-bond donors (Lipinski definition) is 2. The van der Waals surface area contributed by atoms with Gasteiger partial charge in [0, 0.05) is 12.8 Å². The molecule has 0 bridgehead atoms. The first-order valence-corrected chi connectivity index (χ1v) is 7.94. The van der Waals surface area contributed by atoms with Crippen molar-refractivity contribution in [1.82, 2.24) is 0 Å². The molecule has 0 atom stereocenters. The van der Waals surface area contributed by atoms with Crippen molar-refractivity contribution in [2.75, 3.05) is 17.3 Å². The predicted molar refractivity (Wildman–Crippen MR) is 77.6 cm³/mol. The van der Waals surface area contributed by atoms with Gasteiger partial charge in [-0.05, 0) is 29.8 Å². The van der Waals surface area contributed by atoms with Crippen LogP contribution in [-0.4, -0.2) is 14.7 Å². The molecule has 2 aromatic carbocycles. The molecule has 0 saturated heterocycles. The second kappa shape index (κ2) is 5.69. The number of benzene rings is 2. The van der Waals surface area contributed by atoms with E-state index in [1.807, 2.05) is 0 Å². The van der Waals surface area contributed by atoms with Gasteiger partial charge in [0.25, 0.3) is 0 Å². The van der Waals surface area contributed by atoms with Crippen molar-refractivity contribution in [2.45, 2.75) is 11.4 Å². The van der Waals surface area contributed by atoms with E-state index in [0.717, 1.165) is 12.3 Å². The summed E-state index contributed by atoms with van der Waals surface area (Å²) in [5, 5.41) is 2.71. The van der Waals surface area contributed by atoms with Crippen LogP contribution >= 0.6 is 0 Å². The Morgan fingerprint density at radius 1 is 1.10 bits per heavy atom. The van der Waals surface area contributed by atoms with Crippen molar-refractivity contribution in [3.05, 3.63) is 53.6 Å². The van der Waals surface area contributed by atoms with E-state index in [9.17, 15) is 17.2 Å². The summed E-state index contributed by atoms with van der Waals surface area (Å²) in [5.74, 6) is -2.03. The highest BCUT2D eigenvalue weighted by Gasteiger charge is 2.12. The van der Waals surface area contributed by atoms with Crippen LogP contribution in [0.25, 0.3) is 0 Å². The van der Waals surface area contributed by atoms with Crippen molar-refractivity contribution in [1.29, 1.82) is 0 Å². The Bertz CT molecular complexity index is 759. The molecule has 0 radical (unpaired) electrons. The fourth-order valence-electron chi connectivity index (χ4n) is 1.79. The summed E-state index contributed by atoms with van der Waals surface area (Å²) in [5.41, 5.74) is 6.29. The maximum Gasteiger partial charge on any atom is 0.183 e. The third-order valence-corrected chi connectivity index (χ3v) is 4.08. The Labute approximate surface area is 121 Å². The largest absolute Gasteiger partial charge is 0.397 e. The molecule has 3 N–H and O–H groups in total. The summed E-state index contributed by atoms with van der Waals surface area (Å²) < 4.78 is 49.4. The maximum absolute atomic E-state index is 13.6. The van der Waals surface area contributed by atoms with Crippen LogP contribution in [0.3, 0.4) is 0 Å². The van der Waals surface area contributed by atoms with Gasteiger partial charge in [-0.1, -0.05) is 12.1 Å². The Hall–Kier alpha value is -2.15. The summed E-state index contributed by atoms with van der Waals surface area (Å²) >= 11 is 0. The Kier molecular flexibility index (Phi) is 4.13. The minimum atomic E-state index is -3.26. The quantitative estimate of drug-likeness (QED) is 0.851. The number of sulfone groups is 1. The third-order valence-electron chi connectivity index (χ3n) is 2.95. The zero-order valence-electron chi connectivity index (χ0n) is 11.2. The van der Waals surface area contributed by atoms with Crippen LogP contribution in [0, 0.1) is 11.6 Å². The molecule has 112 valence electrons. The van der Waals surface area contributed by atoms with Gasteiger partial charge >= 0.3 is 0 Å². The molecular formula is C14H14F2N2O2S. The molecule has 0 aliphatic carbocycles. The van der Waals surface area contributed by atoms with E-state index in [0.29, 0.717) is 5.56 Å². The van der Waals surface area contributed by atoms with E-state index in [1.165, 1.54) is 18.2 Å². The fourth-order valence-corrected chi connectivity index (χ4v) is 2.42. The molecule has 0 fully saturated rings. The van der Waals surface area contributed by atoms with Crippen LogP contribution in [-0.2, 0) is 16.4 Å². The lowest BCUT2D eigenvalue weighted by molar-refractivity contribution is 0.511. The molecule has 0 spiro atoms. The van der Waals surface area contributed by atoms with Crippen molar-refractivity contribution in [3.63, 3.8) is 0 Å². The number of nitrogens with one attached hydrogen (secondary N) is 1. The first-order valence-electron chi connectivity index (χ1n) is 6.05. The van der Waals surface area contributed by atoms with E-state index in [4.69, 9.17) is 5.73 Å². The predicted octanol–water partition coefficient (Wildman–Crippen LogP) is 2.56. The lowest BCUT2D eigenvalue weighted by Gasteiger charge is -2.11. The number of nitrogens with two attached hydrogens (primary N) is 1. The second-order valence-electron chi connectivity index (χ2n) is 4.60. The molecule has 0 amide bonds. The highest BCUT2D eigenvalue weighted by Crippen LogP contribution is 2.25. The molecule has 7 heteroatoms. The third kappa shape index (κ3) is 3.49. The lowest BCUT2D eigenvalue weighted by Crippen LogP contribution is -2.06. The minimum absolute atomic E-state index is 0.0988. The van der Waals surface area contributed by atoms with Gasteiger partial charge in [0.1, 0.15) is 0 Å². The molecule has 0 aliphatic rings. The van der Waals surface area contributed by atoms with Gasteiger partial charge in [0.2, 0.25) is 0 Å². The average Bonchev–Trinajstić information content (AvgIpc) is 2.43. The Morgan fingerprint density at radius 3 is 2.29 bits per heavy atom. The summed E-state index contributed by atoms with van der Waals surface area (Å²) in [6.07, 6.45) is 1.11. The van der Waals surface area contributed by atoms with Crippen molar-refractivity contribution in [3.8, 4) is 0 Å². The van der Waals surface area contributed by atoms with Gasteiger partial charge in [-0.25, -0.2) is 17.2 Å². The van der Waals surface area contributed by atoms with Crippen LogP contribution in [0.4, 0.5) is 20.2 Å². The summed E-state index contributed by atoms with van der Waals surface area (Å²) in [6, 6.07) is 8.33. The van der Waals surface area contributed by atoms with Crippen LogP contribution in [0.2, 0.25) is 0 Å². The van der Waals surface area contributed by atoms with Crippen LogP contribution in [0.1, 0.15) is 5.56 Å². The Morgan fingerprint density at radius 2 is 1.71 bits per heavy atom. The molecular weight excluding hydrogens is 298 g/mol. The summed E-state index contributed by atoms with van der Waals surface area (Å²) in [7, 11) is -3.26. The van der Waals surface area contributed by atoms with Gasteiger partial charge in [-0.2, -0.15) is 0 Å². The second-order valence-corrected chi connectivity index (χ2v) is 6.61. The van der Waals surface area contributed by atoms with E-state index in [-0.39, 0.29) is 22.8 Å². The number of halogens is 2. The maximum atomic E-state index is 13.6. The molecule has 0 saturated carbocycles. The van der Waals surface area contributed by atoms with Crippen LogP contribution < -0.4 is 11.1 Å². The van der Waals surface area contributed by atoms with Gasteiger partial charge in [-0.3, -0.25) is 0 Å². The molecule has 2 rings (SSSR count). The molecule has 0 unspecified atom stereocenters. The minimum Gasteiger partial charge on any atom is -0.397 e. The van der Waals surface area contributed by atoms with Crippen molar-refractivity contribution in [2.24, 2.45) is 0 Å². The molecule has 2 aromatic rings. The standard InChI is InChI=1S/C14H14F2N2O2S/c1-21(19,20)10-4-2-9(3-5-10)8-18-14-12(17)7-6-11(15)13(14)16/h2-7,18H,8,17H2,1H3. The van der Waals surface area contributed by atoms with E-state index < -0.39 is 21.5 Å². The highest BCUT2D eigenvalue weighted by atomic mass is 32.2. The van der Waals surface area contributed by atoms with Gasteiger partial charge in [0.15, 0.2) is 21.5 Å². The van der Waals surface area contributed by atoms with E-state index in [2.05, 4.69) is 5.32 Å². The normalized spacial score (nSPS) is 11.4. The fraction of sp³-hybridized carbons (Fsp3) is 0.143. The SMILES string of the molecule is CS(=O)(=O)c1ccc(CNc2c(N)ccc(F)c2F)cc1. The van der Waals surface area contributed by atoms with Crippen molar-refractivity contribution >= 4 is 21.2 Å². The van der Waals surface area contributed by atoms with Gasteiger partial charge < -0.3 is 11.1 Å². The van der Waals surface area contributed by atoms with E-state index in [1.54, 1.807) is 12.1 Å². The molecule has 21 heavy (non-hydrogen) atoms. The average molecular weight is 312 g/mol. The molecule has 0 heterocycles. The van der Waals surface area contributed by atoms with Gasteiger partial charge in [-0.15, -0.1) is 0 Å². The first kappa shape index (κ1) is 15.2. The Balaban J connectivity index is 2.16. The van der Waals surface area contributed by atoms with Crippen molar-refractivity contribution < 1.29 is 17.2 Å². The topological polar surface area (TPSA) is 72.2 Å². The molecule has 4 nitrogen and oxygen atoms in total. The van der Waals surface area contributed by atoms with Crippen LogP contribution in [0.15, 0.2) is 41.3 Å². The first-order chi connectivity index (χ1) is 9.79. The lowest BCUT2D eigenvalue weighted by atomic mass is 10.2. The monoisotopic (exact) mass is 312 g/mol. The zero-order valence-corrected chi connectivity index (χ0v) is 12.0. The summed E-state index contributed by atoms with van der Waals surface area (Å²) in [6.45, 7) is 0.189. The highest BCUT2D eigenvalue weighted by molar-refractivity contribution is 7.90.